The van der Waals surface area contributed by atoms with Gasteiger partial charge in [-0.3, -0.25) is 4.79 Å². The first-order valence-electron chi connectivity index (χ1n) is 6.63. The summed E-state index contributed by atoms with van der Waals surface area (Å²) in [7, 11) is 0. The standard InChI is InChI=1S/C14H19N3O3/c1-9-8-11(10-4-2-3-5-12(10)17-9)13(18)16-6-7-20-14(15)19/h2-5,9,11,17H,6-8H2,1H3,(H2,15,19)(H,16,18). The van der Waals surface area contributed by atoms with Crippen molar-refractivity contribution in [2.45, 2.75) is 25.3 Å². The zero-order chi connectivity index (χ0) is 14.5. The van der Waals surface area contributed by atoms with Crippen molar-refractivity contribution in [1.29, 1.82) is 0 Å². The molecule has 20 heavy (non-hydrogen) atoms. The maximum atomic E-state index is 12.2. The Bertz CT molecular complexity index is 504. The molecule has 0 bridgehead atoms. The maximum Gasteiger partial charge on any atom is 0.404 e. The number of carbonyl (C=O) groups is 2. The second-order valence-corrected chi connectivity index (χ2v) is 4.88. The molecule has 0 aromatic heterocycles. The van der Waals surface area contributed by atoms with Gasteiger partial charge >= 0.3 is 6.09 Å². The summed E-state index contributed by atoms with van der Waals surface area (Å²) < 4.78 is 4.58. The summed E-state index contributed by atoms with van der Waals surface area (Å²) in [6.07, 6.45) is -0.0976. The summed E-state index contributed by atoms with van der Waals surface area (Å²) in [4.78, 5) is 22.7. The van der Waals surface area contributed by atoms with Gasteiger partial charge in [0.25, 0.3) is 0 Å². The smallest absolute Gasteiger partial charge is 0.404 e. The number of rotatable bonds is 4. The minimum absolute atomic E-state index is 0.0566. The molecule has 2 amide bonds. The second-order valence-electron chi connectivity index (χ2n) is 4.88. The van der Waals surface area contributed by atoms with Crippen LogP contribution in [-0.4, -0.2) is 31.2 Å². The average Bonchev–Trinajstić information content (AvgIpc) is 2.42. The number of hydrogen-bond acceptors (Lipinski definition) is 4. The van der Waals surface area contributed by atoms with Gasteiger partial charge in [-0.25, -0.2) is 4.79 Å². The summed E-state index contributed by atoms with van der Waals surface area (Å²) in [5.74, 6) is -0.241. The first-order chi connectivity index (χ1) is 9.58. The number of benzene rings is 1. The van der Waals surface area contributed by atoms with Crippen molar-refractivity contribution in [3.63, 3.8) is 0 Å². The third kappa shape index (κ3) is 3.40. The van der Waals surface area contributed by atoms with Gasteiger partial charge in [0, 0.05) is 11.7 Å². The number of nitrogens with one attached hydrogen (secondary N) is 2. The molecule has 2 rings (SSSR count). The zero-order valence-corrected chi connectivity index (χ0v) is 11.4. The lowest BCUT2D eigenvalue weighted by Gasteiger charge is -2.30. The molecule has 0 spiro atoms. The quantitative estimate of drug-likeness (QED) is 0.720. The normalized spacial score (nSPS) is 20.4. The third-order valence-corrected chi connectivity index (χ3v) is 3.29. The van der Waals surface area contributed by atoms with Crippen LogP contribution in [0.25, 0.3) is 0 Å². The Kier molecular flexibility index (Phi) is 4.45. The number of primary amides is 1. The van der Waals surface area contributed by atoms with Crippen LogP contribution in [0.15, 0.2) is 24.3 Å². The largest absolute Gasteiger partial charge is 0.448 e. The molecule has 1 aliphatic rings. The molecule has 6 heteroatoms. The third-order valence-electron chi connectivity index (χ3n) is 3.29. The Balaban J connectivity index is 1.97. The molecule has 4 N–H and O–H groups in total. The van der Waals surface area contributed by atoms with Crippen LogP contribution in [0, 0.1) is 0 Å². The molecule has 0 radical (unpaired) electrons. The number of ether oxygens (including phenoxy) is 1. The van der Waals surface area contributed by atoms with Crippen LogP contribution < -0.4 is 16.4 Å². The highest BCUT2D eigenvalue weighted by molar-refractivity contribution is 5.86. The number of fused-ring (bicyclic) bond motifs is 1. The Morgan fingerprint density at radius 3 is 2.95 bits per heavy atom. The number of nitrogens with two attached hydrogens (primary N) is 1. The molecule has 108 valence electrons. The van der Waals surface area contributed by atoms with Crippen molar-refractivity contribution in [2.75, 3.05) is 18.5 Å². The minimum atomic E-state index is -0.833. The SMILES string of the molecule is CC1CC(C(=O)NCCOC(N)=O)c2ccccc2N1. The maximum absolute atomic E-state index is 12.2. The van der Waals surface area contributed by atoms with Gasteiger partial charge in [0.05, 0.1) is 12.5 Å². The summed E-state index contributed by atoms with van der Waals surface area (Å²) in [5.41, 5.74) is 6.85. The molecule has 2 atom stereocenters. The van der Waals surface area contributed by atoms with Gasteiger partial charge in [-0.2, -0.15) is 0 Å². The van der Waals surface area contributed by atoms with Gasteiger partial charge in [-0.05, 0) is 25.0 Å². The average molecular weight is 277 g/mol. The predicted octanol–water partition coefficient (Wildman–Crippen LogP) is 1.19. The van der Waals surface area contributed by atoms with Crippen molar-refractivity contribution in [1.82, 2.24) is 5.32 Å². The van der Waals surface area contributed by atoms with Gasteiger partial charge in [-0.15, -0.1) is 0 Å². The molecular formula is C14H19N3O3. The van der Waals surface area contributed by atoms with Crippen molar-refractivity contribution in [3.05, 3.63) is 29.8 Å². The van der Waals surface area contributed by atoms with E-state index in [0.29, 0.717) is 0 Å². The predicted molar refractivity (Wildman–Crippen MR) is 75.4 cm³/mol. The molecule has 0 fully saturated rings. The van der Waals surface area contributed by atoms with Gasteiger partial charge in [0.1, 0.15) is 6.61 Å². The highest BCUT2D eigenvalue weighted by Gasteiger charge is 2.29. The summed E-state index contributed by atoms with van der Waals surface area (Å²) >= 11 is 0. The van der Waals surface area contributed by atoms with E-state index in [1.807, 2.05) is 31.2 Å². The molecule has 0 aliphatic carbocycles. The van der Waals surface area contributed by atoms with Crippen molar-refractivity contribution in [2.24, 2.45) is 5.73 Å². The number of carbonyl (C=O) groups excluding carboxylic acids is 2. The Morgan fingerprint density at radius 1 is 1.45 bits per heavy atom. The molecule has 6 nitrogen and oxygen atoms in total. The zero-order valence-electron chi connectivity index (χ0n) is 11.4. The molecule has 1 aromatic carbocycles. The first-order valence-corrected chi connectivity index (χ1v) is 6.63. The van der Waals surface area contributed by atoms with E-state index in [4.69, 9.17) is 5.73 Å². The van der Waals surface area contributed by atoms with Crippen LogP contribution in [0.4, 0.5) is 10.5 Å². The number of para-hydroxylation sites is 1. The van der Waals surface area contributed by atoms with Gasteiger partial charge in [0.15, 0.2) is 0 Å². The lowest BCUT2D eigenvalue weighted by atomic mass is 9.87. The van der Waals surface area contributed by atoms with Gasteiger partial charge < -0.3 is 21.1 Å². The van der Waals surface area contributed by atoms with Crippen LogP contribution in [0.2, 0.25) is 0 Å². The lowest BCUT2D eigenvalue weighted by Crippen LogP contribution is -2.37. The summed E-state index contributed by atoms with van der Waals surface area (Å²) in [6.45, 7) is 2.40. The van der Waals surface area contributed by atoms with Gasteiger partial charge in [-0.1, -0.05) is 18.2 Å². The highest BCUT2D eigenvalue weighted by atomic mass is 16.5. The molecule has 1 aliphatic heterocycles. The van der Waals surface area contributed by atoms with E-state index in [1.54, 1.807) is 0 Å². The van der Waals surface area contributed by atoms with Crippen LogP contribution in [-0.2, 0) is 9.53 Å². The fraction of sp³-hybridized carbons (Fsp3) is 0.429. The number of amides is 2. The second kappa shape index (κ2) is 6.27. The van der Waals surface area contributed by atoms with Crippen LogP contribution in [0.1, 0.15) is 24.8 Å². The van der Waals surface area contributed by atoms with E-state index < -0.39 is 6.09 Å². The highest BCUT2D eigenvalue weighted by Crippen LogP contribution is 2.33. The topological polar surface area (TPSA) is 93.4 Å². The van der Waals surface area contributed by atoms with Gasteiger partial charge in [0.2, 0.25) is 5.91 Å². The van der Waals surface area contributed by atoms with E-state index in [2.05, 4.69) is 15.4 Å². The van der Waals surface area contributed by atoms with Crippen molar-refractivity contribution in [3.8, 4) is 0 Å². The minimum Gasteiger partial charge on any atom is -0.448 e. The molecule has 1 aromatic rings. The molecular weight excluding hydrogens is 258 g/mol. The number of anilines is 1. The van der Waals surface area contributed by atoms with Crippen molar-refractivity contribution >= 4 is 17.7 Å². The van der Waals surface area contributed by atoms with Crippen LogP contribution in [0.5, 0.6) is 0 Å². The fourth-order valence-electron chi connectivity index (χ4n) is 2.43. The van der Waals surface area contributed by atoms with Crippen molar-refractivity contribution < 1.29 is 14.3 Å². The summed E-state index contributed by atoms with van der Waals surface area (Å²) in [6, 6.07) is 8.04. The van der Waals surface area contributed by atoms with E-state index in [1.165, 1.54) is 0 Å². The number of hydrogen-bond donors (Lipinski definition) is 3. The fourth-order valence-corrected chi connectivity index (χ4v) is 2.43. The molecule has 1 heterocycles. The monoisotopic (exact) mass is 277 g/mol. The molecule has 2 unspecified atom stereocenters. The Labute approximate surface area is 117 Å². The van der Waals surface area contributed by atoms with Crippen LogP contribution >= 0.6 is 0 Å². The Hall–Kier alpha value is -2.24. The molecule has 0 saturated heterocycles. The summed E-state index contributed by atoms with van der Waals surface area (Å²) in [5, 5.41) is 6.13. The van der Waals surface area contributed by atoms with E-state index in [9.17, 15) is 9.59 Å². The van der Waals surface area contributed by atoms with E-state index in [-0.39, 0.29) is 31.0 Å². The lowest BCUT2D eigenvalue weighted by molar-refractivity contribution is -0.123. The first kappa shape index (κ1) is 14.2. The Morgan fingerprint density at radius 2 is 2.20 bits per heavy atom. The molecule has 0 saturated carbocycles. The van der Waals surface area contributed by atoms with E-state index >= 15 is 0 Å². The van der Waals surface area contributed by atoms with Crippen LogP contribution in [0.3, 0.4) is 0 Å². The van der Waals surface area contributed by atoms with E-state index in [0.717, 1.165) is 17.7 Å².